The van der Waals surface area contributed by atoms with E-state index in [9.17, 15) is 9.90 Å². The molecule has 0 aliphatic carbocycles. The van der Waals surface area contributed by atoms with Crippen molar-refractivity contribution in [2.24, 2.45) is 0 Å². The van der Waals surface area contributed by atoms with Crippen LogP contribution in [0.4, 0.5) is 0 Å². The van der Waals surface area contributed by atoms with Crippen molar-refractivity contribution in [1.29, 1.82) is 0 Å². The Hall–Kier alpha value is -3.77. The number of carbonyl (C=O) groups excluding carboxylic acids is 1. The van der Waals surface area contributed by atoms with Crippen LogP contribution in [0.25, 0.3) is 10.9 Å². The summed E-state index contributed by atoms with van der Waals surface area (Å²) in [5.41, 5.74) is 3.68. The molecule has 0 radical (unpaired) electrons. The van der Waals surface area contributed by atoms with Crippen LogP contribution in [0.1, 0.15) is 34.1 Å². The number of nitrogens with zero attached hydrogens (tertiary/aromatic N) is 1. The molecule has 0 fully saturated rings. The molecule has 6 nitrogen and oxygen atoms in total. The fraction of sp³-hybridized carbons (Fsp3) is 0.222. The van der Waals surface area contributed by atoms with E-state index in [-0.39, 0.29) is 5.69 Å². The van der Waals surface area contributed by atoms with Gasteiger partial charge in [0.2, 0.25) is 0 Å². The first-order valence-corrected chi connectivity index (χ1v) is 11.0. The second kappa shape index (κ2) is 10.2. The van der Waals surface area contributed by atoms with Crippen LogP contribution in [0.5, 0.6) is 11.5 Å². The van der Waals surface area contributed by atoms with Gasteiger partial charge in [0.15, 0.2) is 0 Å². The van der Waals surface area contributed by atoms with Crippen molar-refractivity contribution in [3.05, 3.63) is 95.2 Å². The highest BCUT2D eigenvalue weighted by molar-refractivity contribution is 5.98. The summed E-state index contributed by atoms with van der Waals surface area (Å²) >= 11 is 0. The number of fused-ring (bicyclic) bond motifs is 1. The average Bonchev–Trinajstić information content (AvgIpc) is 3.13. The number of ether oxygens (including phenoxy) is 2. The summed E-state index contributed by atoms with van der Waals surface area (Å²) in [6, 6.07) is 23.3. The standard InChI is InChI=1S/C27H28N2O4/c1-3-33-25-12-8-7-11-20(25)16-28-17-23-22-14-13-21(32-2)15-24(22)29(26(23)27(30)31)18-19-9-5-4-6-10-19/h4-15,28H,3,16-18H2,1-2H3,(H,30,31)/p-1. The molecule has 1 heterocycles. The van der Waals surface area contributed by atoms with E-state index in [4.69, 9.17) is 9.47 Å². The molecule has 0 aliphatic heterocycles. The van der Waals surface area contributed by atoms with Crippen LogP contribution in [0, 0.1) is 0 Å². The number of aromatic carboxylic acids is 1. The summed E-state index contributed by atoms with van der Waals surface area (Å²) in [5.74, 6) is 0.292. The first-order chi connectivity index (χ1) is 16.1. The molecule has 3 aromatic carbocycles. The molecule has 4 aromatic rings. The fourth-order valence-electron chi connectivity index (χ4n) is 4.14. The molecule has 0 bridgehead atoms. The number of benzene rings is 3. The third kappa shape index (κ3) is 4.86. The second-order valence-electron chi connectivity index (χ2n) is 7.71. The van der Waals surface area contributed by atoms with E-state index in [0.717, 1.165) is 27.8 Å². The van der Waals surface area contributed by atoms with Crippen molar-refractivity contribution < 1.29 is 19.4 Å². The van der Waals surface area contributed by atoms with Gasteiger partial charge in [0.05, 0.1) is 30.9 Å². The summed E-state index contributed by atoms with van der Waals surface area (Å²) in [6.07, 6.45) is 0. The number of carboxylic acid groups (broad SMARTS) is 1. The van der Waals surface area contributed by atoms with Crippen molar-refractivity contribution in [2.75, 3.05) is 13.7 Å². The molecule has 0 atom stereocenters. The van der Waals surface area contributed by atoms with Gasteiger partial charge >= 0.3 is 0 Å². The molecule has 4 rings (SSSR count). The molecule has 170 valence electrons. The van der Waals surface area contributed by atoms with E-state index in [1.54, 1.807) is 11.7 Å². The highest BCUT2D eigenvalue weighted by Crippen LogP contribution is 2.30. The molecule has 1 aromatic heterocycles. The zero-order valence-electron chi connectivity index (χ0n) is 18.8. The summed E-state index contributed by atoms with van der Waals surface area (Å²) in [6.45, 7) is 3.87. The zero-order valence-corrected chi connectivity index (χ0v) is 18.8. The van der Waals surface area contributed by atoms with Crippen LogP contribution in [-0.2, 0) is 19.6 Å². The lowest BCUT2D eigenvalue weighted by Gasteiger charge is -2.14. The smallest absolute Gasteiger partial charge is 0.123 e. The largest absolute Gasteiger partial charge is 0.543 e. The molecule has 0 spiro atoms. The average molecular weight is 444 g/mol. The Labute approximate surface area is 193 Å². The summed E-state index contributed by atoms with van der Waals surface area (Å²) < 4.78 is 12.9. The maximum Gasteiger partial charge on any atom is 0.123 e. The molecular weight excluding hydrogens is 416 g/mol. The van der Waals surface area contributed by atoms with Crippen molar-refractivity contribution in [2.45, 2.75) is 26.6 Å². The van der Waals surface area contributed by atoms with E-state index in [1.165, 1.54) is 0 Å². The van der Waals surface area contributed by atoms with Gasteiger partial charge in [-0.2, -0.15) is 0 Å². The number of carbonyl (C=O) groups is 1. The Morgan fingerprint density at radius 3 is 2.48 bits per heavy atom. The van der Waals surface area contributed by atoms with Crippen molar-refractivity contribution >= 4 is 16.9 Å². The van der Waals surface area contributed by atoms with Gasteiger partial charge in [-0.05, 0) is 30.7 Å². The predicted octanol–water partition coefficient (Wildman–Crippen LogP) is 3.75. The zero-order chi connectivity index (χ0) is 23.2. The van der Waals surface area contributed by atoms with Crippen LogP contribution < -0.4 is 19.9 Å². The number of hydrogen-bond donors (Lipinski definition) is 1. The Balaban J connectivity index is 1.71. The van der Waals surface area contributed by atoms with Crippen molar-refractivity contribution in [3.63, 3.8) is 0 Å². The van der Waals surface area contributed by atoms with Gasteiger partial charge in [-0.3, -0.25) is 0 Å². The minimum absolute atomic E-state index is 0.174. The van der Waals surface area contributed by atoms with Gasteiger partial charge in [-0.1, -0.05) is 48.5 Å². The van der Waals surface area contributed by atoms with E-state index in [1.807, 2.05) is 79.7 Å². The highest BCUT2D eigenvalue weighted by Gasteiger charge is 2.19. The summed E-state index contributed by atoms with van der Waals surface area (Å²) in [4.78, 5) is 12.3. The topological polar surface area (TPSA) is 75.5 Å². The van der Waals surface area contributed by atoms with Gasteiger partial charge in [0.1, 0.15) is 11.5 Å². The van der Waals surface area contributed by atoms with Gasteiger partial charge in [0, 0.05) is 42.2 Å². The fourth-order valence-corrected chi connectivity index (χ4v) is 4.14. The number of para-hydroxylation sites is 1. The Morgan fingerprint density at radius 2 is 1.76 bits per heavy atom. The van der Waals surface area contributed by atoms with Crippen LogP contribution >= 0.6 is 0 Å². The van der Waals surface area contributed by atoms with Gasteiger partial charge in [0.25, 0.3) is 0 Å². The Bertz CT molecular complexity index is 1250. The number of carboxylic acids is 1. The van der Waals surface area contributed by atoms with E-state index >= 15 is 0 Å². The molecule has 0 amide bonds. The quantitative estimate of drug-likeness (QED) is 0.404. The molecule has 6 heteroatoms. The minimum Gasteiger partial charge on any atom is -0.543 e. The normalized spacial score (nSPS) is 11.0. The monoisotopic (exact) mass is 443 g/mol. The minimum atomic E-state index is -1.20. The third-order valence-corrected chi connectivity index (χ3v) is 5.64. The lowest BCUT2D eigenvalue weighted by molar-refractivity contribution is -0.255. The van der Waals surface area contributed by atoms with E-state index in [2.05, 4.69) is 5.32 Å². The number of aromatic nitrogens is 1. The lowest BCUT2D eigenvalue weighted by atomic mass is 10.1. The molecule has 0 saturated carbocycles. The van der Waals surface area contributed by atoms with E-state index < -0.39 is 5.97 Å². The molecule has 0 unspecified atom stereocenters. The number of hydrogen-bond acceptors (Lipinski definition) is 5. The van der Waals surface area contributed by atoms with Crippen LogP contribution in [0.15, 0.2) is 72.8 Å². The van der Waals surface area contributed by atoms with Crippen molar-refractivity contribution in [3.8, 4) is 11.5 Å². The molecule has 33 heavy (non-hydrogen) atoms. The first-order valence-electron chi connectivity index (χ1n) is 11.0. The van der Waals surface area contributed by atoms with Crippen LogP contribution in [0.3, 0.4) is 0 Å². The molecular formula is C27H27N2O4-. The van der Waals surface area contributed by atoms with Crippen LogP contribution in [0.2, 0.25) is 0 Å². The highest BCUT2D eigenvalue weighted by atomic mass is 16.5. The van der Waals surface area contributed by atoms with Gasteiger partial charge in [-0.25, -0.2) is 0 Å². The van der Waals surface area contributed by atoms with Crippen molar-refractivity contribution in [1.82, 2.24) is 9.88 Å². The van der Waals surface area contributed by atoms with Gasteiger partial charge < -0.3 is 29.3 Å². The molecule has 0 saturated heterocycles. The molecule has 1 N–H and O–H groups in total. The number of nitrogens with one attached hydrogen (secondary N) is 1. The predicted molar refractivity (Wildman–Crippen MR) is 127 cm³/mol. The number of rotatable bonds is 10. The summed E-state index contributed by atoms with van der Waals surface area (Å²) in [5, 5.41) is 16.6. The molecule has 0 aliphatic rings. The maximum atomic E-state index is 12.3. The Morgan fingerprint density at radius 1 is 1.00 bits per heavy atom. The summed E-state index contributed by atoms with van der Waals surface area (Å²) in [7, 11) is 1.60. The van der Waals surface area contributed by atoms with Crippen LogP contribution in [-0.4, -0.2) is 24.3 Å². The second-order valence-corrected chi connectivity index (χ2v) is 7.71. The lowest BCUT2D eigenvalue weighted by Crippen LogP contribution is -2.28. The Kier molecular flexibility index (Phi) is 6.95. The van der Waals surface area contributed by atoms with Gasteiger partial charge in [-0.15, -0.1) is 0 Å². The maximum absolute atomic E-state index is 12.3. The first kappa shape index (κ1) is 22.4. The van der Waals surface area contributed by atoms with E-state index in [0.29, 0.717) is 37.6 Å². The third-order valence-electron chi connectivity index (χ3n) is 5.64. The SMILES string of the molecule is CCOc1ccccc1CNCc1c(C(=O)[O-])n(Cc2ccccc2)c2cc(OC)ccc12. The number of methoxy groups -OCH3 is 1.